The number of carbonyl (C=O) groups excluding carboxylic acids is 3. The van der Waals surface area contributed by atoms with E-state index in [1.807, 2.05) is 32.0 Å². The number of imide groups is 1. The summed E-state index contributed by atoms with van der Waals surface area (Å²) in [5, 5.41) is 2.22. The highest BCUT2D eigenvalue weighted by atomic mass is 127. The van der Waals surface area contributed by atoms with Crippen LogP contribution in [0.25, 0.3) is 6.08 Å². The lowest BCUT2D eigenvalue weighted by molar-refractivity contribution is -0.127. The molecule has 0 radical (unpaired) electrons. The lowest BCUT2D eigenvalue weighted by atomic mass is 10.2. The van der Waals surface area contributed by atoms with Gasteiger partial charge in [0.1, 0.15) is 6.54 Å². The standard InChI is InChI=1S/C22H20I2N2O5S/c1-3-30-17-10-13(9-16(24)20(17)31-4-2)11-18-21(28)26(22(29)32-18)12-19(27)25-15-7-5-14(23)6-8-15/h5-11H,3-4,12H2,1-2H3,(H,25,27)/b18-11+. The summed E-state index contributed by atoms with van der Waals surface area (Å²) in [5.41, 5.74) is 1.31. The zero-order chi connectivity index (χ0) is 23.3. The van der Waals surface area contributed by atoms with Crippen molar-refractivity contribution >= 4 is 85.8 Å². The summed E-state index contributed by atoms with van der Waals surface area (Å²) >= 11 is 5.12. The van der Waals surface area contributed by atoms with E-state index < -0.39 is 17.1 Å². The molecule has 1 aliphatic heterocycles. The molecule has 0 aromatic heterocycles. The summed E-state index contributed by atoms with van der Waals surface area (Å²) in [7, 11) is 0. The SMILES string of the molecule is CCOc1cc(/C=C2/SC(=O)N(CC(=O)Nc3ccc(I)cc3)C2=O)cc(I)c1OCC. The number of rotatable bonds is 8. The van der Waals surface area contributed by atoms with Gasteiger partial charge in [-0.2, -0.15) is 0 Å². The number of carbonyl (C=O) groups is 3. The highest BCUT2D eigenvalue weighted by molar-refractivity contribution is 14.1. The maximum Gasteiger partial charge on any atom is 0.294 e. The molecule has 0 spiro atoms. The van der Waals surface area contributed by atoms with Gasteiger partial charge in [0, 0.05) is 9.26 Å². The maximum atomic E-state index is 12.8. The summed E-state index contributed by atoms with van der Waals surface area (Å²) in [6.07, 6.45) is 1.63. The Labute approximate surface area is 217 Å². The minimum absolute atomic E-state index is 0.250. The first-order valence-electron chi connectivity index (χ1n) is 9.72. The molecule has 1 N–H and O–H groups in total. The van der Waals surface area contributed by atoms with E-state index in [9.17, 15) is 14.4 Å². The van der Waals surface area contributed by atoms with Gasteiger partial charge in [-0.05, 0) is 119 Å². The van der Waals surface area contributed by atoms with Gasteiger partial charge in [0.2, 0.25) is 5.91 Å². The number of halogens is 2. The molecule has 7 nitrogen and oxygen atoms in total. The third kappa shape index (κ3) is 6.16. The molecule has 0 unspecified atom stereocenters. The van der Waals surface area contributed by atoms with Crippen molar-refractivity contribution in [3.63, 3.8) is 0 Å². The van der Waals surface area contributed by atoms with E-state index in [0.29, 0.717) is 36.0 Å². The van der Waals surface area contributed by atoms with Crippen LogP contribution < -0.4 is 14.8 Å². The first-order chi connectivity index (χ1) is 15.3. The second kappa shape index (κ2) is 11.4. The van der Waals surface area contributed by atoms with Crippen LogP contribution in [0.2, 0.25) is 0 Å². The van der Waals surface area contributed by atoms with Crippen LogP contribution in [0, 0.1) is 7.14 Å². The van der Waals surface area contributed by atoms with Gasteiger partial charge in [-0.1, -0.05) is 0 Å². The Morgan fingerprint density at radius 1 is 1.09 bits per heavy atom. The Balaban J connectivity index is 1.76. The van der Waals surface area contributed by atoms with Crippen molar-refractivity contribution in [3.05, 3.63) is 54.0 Å². The van der Waals surface area contributed by atoms with E-state index in [-0.39, 0.29) is 11.4 Å². The van der Waals surface area contributed by atoms with Crippen LogP contribution in [0.4, 0.5) is 10.5 Å². The Bertz CT molecular complexity index is 1070. The Hall–Kier alpha value is -1.80. The fourth-order valence-electron chi connectivity index (χ4n) is 2.88. The number of ether oxygens (including phenoxy) is 2. The van der Waals surface area contributed by atoms with Crippen LogP contribution in [-0.4, -0.2) is 41.7 Å². The van der Waals surface area contributed by atoms with Gasteiger partial charge in [0.15, 0.2) is 11.5 Å². The zero-order valence-electron chi connectivity index (χ0n) is 17.3. The van der Waals surface area contributed by atoms with Crippen LogP contribution in [-0.2, 0) is 9.59 Å². The normalized spacial score (nSPS) is 14.8. The lowest BCUT2D eigenvalue weighted by Gasteiger charge is -2.14. The average molecular weight is 678 g/mol. The molecule has 168 valence electrons. The Morgan fingerprint density at radius 2 is 1.78 bits per heavy atom. The summed E-state index contributed by atoms with van der Waals surface area (Å²) < 4.78 is 13.2. The minimum atomic E-state index is -0.500. The first-order valence-corrected chi connectivity index (χ1v) is 12.7. The first kappa shape index (κ1) is 24.8. The average Bonchev–Trinajstić information content (AvgIpc) is 3.00. The highest BCUT2D eigenvalue weighted by Crippen LogP contribution is 2.37. The number of nitrogens with one attached hydrogen (secondary N) is 1. The van der Waals surface area contributed by atoms with Gasteiger partial charge in [0.25, 0.3) is 11.1 Å². The van der Waals surface area contributed by atoms with Crippen molar-refractivity contribution in [2.24, 2.45) is 0 Å². The molecule has 1 fully saturated rings. The van der Waals surface area contributed by atoms with Crippen LogP contribution >= 0.6 is 56.9 Å². The number of anilines is 1. The summed E-state index contributed by atoms with van der Waals surface area (Å²) in [6, 6.07) is 10.9. The predicted octanol–water partition coefficient (Wildman–Crippen LogP) is 5.37. The molecule has 32 heavy (non-hydrogen) atoms. The lowest BCUT2D eigenvalue weighted by Crippen LogP contribution is -2.36. The van der Waals surface area contributed by atoms with E-state index in [1.165, 1.54) is 0 Å². The number of nitrogens with zero attached hydrogens (tertiary/aromatic N) is 1. The van der Waals surface area contributed by atoms with E-state index in [0.717, 1.165) is 23.8 Å². The van der Waals surface area contributed by atoms with Crippen molar-refractivity contribution in [1.29, 1.82) is 0 Å². The van der Waals surface area contributed by atoms with Crippen molar-refractivity contribution in [1.82, 2.24) is 4.90 Å². The summed E-state index contributed by atoms with van der Waals surface area (Å²) in [4.78, 5) is 38.7. The molecule has 3 rings (SSSR count). The molecule has 1 heterocycles. The second-order valence-corrected chi connectivity index (χ2v) is 9.92. The summed E-state index contributed by atoms with van der Waals surface area (Å²) in [5.74, 6) is 0.278. The molecule has 1 aliphatic rings. The number of thioether (sulfide) groups is 1. The van der Waals surface area contributed by atoms with Gasteiger partial charge in [-0.15, -0.1) is 0 Å². The molecule has 0 atom stereocenters. The van der Waals surface area contributed by atoms with Crippen molar-refractivity contribution in [2.45, 2.75) is 13.8 Å². The third-order valence-corrected chi connectivity index (χ3v) is 6.65. The van der Waals surface area contributed by atoms with E-state index in [4.69, 9.17) is 9.47 Å². The minimum Gasteiger partial charge on any atom is -0.490 e. The predicted molar refractivity (Wildman–Crippen MR) is 142 cm³/mol. The van der Waals surface area contributed by atoms with E-state index in [1.54, 1.807) is 24.3 Å². The molecular weight excluding hydrogens is 658 g/mol. The van der Waals surface area contributed by atoms with Gasteiger partial charge in [-0.3, -0.25) is 19.3 Å². The van der Waals surface area contributed by atoms with Gasteiger partial charge >= 0.3 is 0 Å². The molecule has 2 aromatic rings. The molecule has 0 saturated carbocycles. The van der Waals surface area contributed by atoms with E-state index >= 15 is 0 Å². The van der Waals surface area contributed by atoms with Crippen molar-refractivity contribution in [2.75, 3.05) is 25.1 Å². The number of benzene rings is 2. The maximum absolute atomic E-state index is 12.8. The Morgan fingerprint density at radius 3 is 2.44 bits per heavy atom. The topological polar surface area (TPSA) is 84.9 Å². The molecular formula is C22H20I2N2O5S. The Kier molecular flexibility index (Phi) is 8.82. The van der Waals surface area contributed by atoms with Crippen LogP contribution in [0.1, 0.15) is 19.4 Å². The number of hydrogen-bond acceptors (Lipinski definition) is 6. The molecule has 2 aromatic carbocycles. The van der Waals surface area contributed by atoms with Gasteiger partial charge in [0.05, 0.1) is 21.7 Å². The largest absolute Gasteiger partial charge is 0.490 e. The fourth-order valence-corrected chi connectivity index (χ4v) is 4.86. The highest BCUT2D eigenvalue weighted by Gasteiger charge is 2.36. The van der Waals surface area contributed by atoms with Crippen molar-refractivity contribution < 1.29 is 23.9 Å². The molecule has 10 heteroatoms. The summed E-state index contributed by atoms with van der Waals surface area (Å²) in [6.45, 7) is 4.38. The van der Waals surface area contributed by atoms with Gasteiger partial charge in [-0.25, -0.2) is 0 Å². The molecule has 1 saturated heterocycles. The monoisotopic (exact) mass is 678 g/mol. The quantitative estimate of drug-likeness (QED) is 0.299. The smallest absolute Gasteiger partial charge is 0.294 e. The van der Waals surface area contributed by atoms with Crippen molar-refractivity contribution in [3.8, 4) is 11.5 Å². The van der Waals surface area contributed by atoms with Gasteiger partial charge < -0.3 is 14.8 Å². The van der Waals surface area contributed by atoms with E-state index in [2.05, 4.69) is 50.5 Å². The van der Waals surface area contributed by atoms with Crippen LogP contribution in [0.5, 0.6) is 11.5 Å². The third-order valence-electron chi connectivity index (χ3n) is 4.22. The molecule has 0 bridgehead atoms. The fraction of sp³-hybridized carbons (Fsp3) is 0.227. The number of hydrogen-bond donors (Lipinski definition) is 1. The number of amides is 3. The molecule has 3 amide bonds. The van der Waals surface area contributed by atoms with Crippen LogP contribution in [0.3, 0.4) is 0 Å². The second-order valence-electron chi connectivity index (χ2n) is 6.52. The van der Waals surface area contributed by atoms with Crippen LogP contribution in [0.15, 0.2) is 41.3 Å². The zero-order valence-corrected chi connectivity index (χ0v) is 22.4. The molecule has 0 aliphatic carbocycles.